The number of hydrogen-bond acceptors (Lipinski definition) is 5. The SMILES string of the molecule is Cc1cc(O)c(S(=O)(=O)c2cccc(C)c2C)cc1S(=O)(=O)c1cccc(C)c1C. The molecule has 0 spiro atoms. The quantitative estimate of drug-likeness (QED) is 0.635. The molecule has 30 heavy (non-hydrogen) atoms. The third-order valence-corrected chi connectivity index (χ3v) is 9.49. The van der Waals surface area contributed by atoms with Crippen LogP contribution >= 0.6 is 0 Å². The molecule has 0 bridgehead atoms. The van der Waals surface area contributed by atoms with E-state index in [1.807, 2.05) is 13.0 Å². The molecule has 0 aliphatic rings. The first-order chi connectivity index (χ1) is 13.9. The van der Waals surface area contributed by atoms with Crippen molar-refractivity contribution in [2.45, 2.75) is 54.2 Å². The highest BCUT2D eigenvalue weighted by Crippen LogP contribution is 2.37. The standard InChI is InChI=1S/C23H24O5S2/c1-14-8-6-10-20(17(14)4)29(25,26)22-13-23(19(24)12-16(22)3)30(27,28)21-11-7-9-15(2)18(21)5/h6-13,24H,1-5H3. The van der Waals surface area contributed by atoms with Gasteiger partial charge in [0.25, 0.3) is 0 Å². The summed E-state index contributed by atoms with van der Waals surface area (Å²) in [6.45, 7) is 8.53. The molecule has 158 valence electrons. The van der Waals surface area contributed by atoms with Crippen LogP contribution in [0.25, 0.3) is 0 Å². The second kappa shape index (κ2) is 7.56. The van der Waals surface area contributed by atoms with Gasteiger partial charge in [0.05, 0.1) is 14.7 Å². The predicted octanol–water partition coefficient (Wildman–Crippen LogP) is 4.60. The number of phenols is 1. The van der Waals surface area contributed by atoms with Crippen LogP contribution < -0.4 is 0 Å². The average Bonchev–Trinajstić information content (AvgIpc) is 2.65. The van der Waals surface area contributed by atoms with E-state index >= 15 is 0 Å². The van der Waals surface area contributed by atoms with Crippen molar-refractivity contribution in [2.75, 3.05) is 0 Å². The monoisotopic (exact) mass is 444 g/mol. The van der Waals surface area contributed by atoms with E-state index in [1.54, 1.807) is 39.0 Å². The van der Waals surface area contributed by atoms with Crippen LogP contribution in [-0.2, 0) is 19.7 Å². The number of sulfone groups is 2. The first-order valence-corrected chi connectivity index (χ1v) is 12.3. The maximum Gasteiger partial charge on any atom is 0.210 e. The van der Waals surface area contributed by atoms with Crippen LogP contribution in [0.3, 0.4) is 0 Å². The van der Waals surface area contributed by atoms with Gasteiger partial charge >= 0.3 is 0 Å². The molecule has 0 saturated heterocycles. The molecule has 0 heterocycles. The lowest BCUT2D eigenvalue weighted by atomic mass is 10.1. The van der Waals surface area contributed by atoms with Crippen molar-refractivity contribution in [3.8, 4) is 5.75 Å². The van der Waals surface area contributed by atoms with Gasteiger partial charge in [-0.15, -0.1) is 0 Å². The first kappa shape index (κ1) is 22.1. The molecule has 0 atom stereocenters. The van der Waals surface area contributed by atoms with E-state index in [1.165, 1.54) is 25.1 Å². The predicted molar refractivity (Wildman–Crippen MR) is 116 cm³/mol. The van der Waals surface area contributed by atoms with Crippen LogP contribution in [0.5, 0.6) is 5.75 Å². The van der Waals surface area contributed by atoms with Crippen molar-refractivity contribution in [1.82, 2.24) is 0 Å². The summed E-state index contributed by atoms with van der Waals surface area (Å²) < 4.78 is 53.4. The van der Waals surface area contributed by atoms with Crippen molar-refractivity contribution in [2.24, 2.45) is 0 Å². The maximum absolute atomic E-state index is 13.4. The van der Waals surface area contributed by atoms with E-state index in [9.17, 15) is 21.9 Å². The Labute approximate surface area is 177 Å². The van der Waals surface area contributed by atoms with Crippen molar-refractivity contribution < 1.29 is 21.9 Å². The summed E-state index contributed by atoms with van der Waals surface area (Å²) >= 11 is 0. The van der Waals surface area contributed by atoms with Crippen molar-refractivity contribution in [1.29, 1.82) is 0 Å². The largest absolute Gasteiger partial charge is 0.507 e. The zero-order chi connectivity index (χ0) is 22.4. The van der Waals surface area contributed by atoms with Crippen molar-refractivity contribution >= 4 is 19.7 Å². The fourth-order valence-corrected chi connectivity index (χ4v) is 6.98. The minimum Gasteiger partial charge on any atom is -0.507 e. The van der Waals surface area contributed by atoms with Gasteiger partial charge in [0.1, 0.15) is 10.6 Å². The number of aryl methyl sites for hydroxylation is 3. The summed E-state index contributed by atoms with van der Waals surface area (Å²) in [5.74, 6) is -0.478. The molecule has 7 heteroatoms. The molecule has 3 aromatic carbocycles. The van der Waals surface area contributed by atoms with Gasteiger partial charge in [0.2, 0.25) is 19.7 Å². The molecule has 0 amide bonds. The summed E-state index contributed by atoms with van der Waals surface area (Å²) in [6, 6.07) is 12.1. The molecule has 3 rings (SSSR count). The second-order valence-corrected chi connectivity index (χ2v) is 11.3. The van der Waals surface area contributed by atoms with E-state index in [4.69, 9.17) is 0 Å². The number of aromatic hydroxyl groups is 1. The molecule has 3 aromatic rings. The molecule has 0 unspecified atom stereocenters. The third kappa shape index (κ3) is 3.52. The van der Waals surface area contributed by atoms with Crippen LogP contribution in [0.15, 0.2) is 68.1 Å². The Kier molecular flexibility index (Phi) is 5.56. The minimum atomic E-state index is -4.14. The normalized spacial score (nSPS) is 12.2. The zero-order valence-corrected chi connectivity index (χ0v) is 19.1. The topological polar surface area (TPSA) is 88.5 Å². The number of rotatable bonds is 4. The lowest BCUT2D eigenvalue weighted by molar-refractivity contribution is 0.457. The van der Waals surface area contributed by atoms with Crippen LogP contribution in [0.1, 0.15) is 27.8 Å². The van der Waals surface area contributed by atoms with Crippen LogP contribution in [0.4, 0.5) is 0 Å². The lowest BCUT2D eigenvalue weighted by Gasteiger charge is -2.16. The van der Waals surface area contributed by atoms with Gasteiger partial charge in [0, 0.05) is 0 Å². The fourth-order valence-electron chi connectivity index (χ4n) is 3.43. The molecule has 5 nitrogen and oxygen atoms in total. The number of phenolic OH excluding ortho intramolecular Hbond substituents is 1. The maximum atomic E-state index is 13.4. The van der Waals surface area contributed by atoms with Gasteiger partial charge in [-0.3, -0.25) is 0 Å². The Morgan fingerprint density at radius 1 is 0.567 bits per heavy atom. The van der Waals surface area contributed by atoms with Gasteiger partial charge in [-0.2, -0.15) is 0 Å². The first-order valence-electron chi connectivity index (χ1n) is 9.35. The molecular formula is C23H24O5S2. The highest BCUT2D eigenvalue weighted by Gasteiger charge is 2.29. The van der Waals surface area contributed by atoms with E-state index < -0.39 is 30.3 Å². The number of hydrogen-bond donors (Lipinski definition) is 1. The van der Waals surface area contributed by atoms with Gasteiger partial charge in [-0.25, -0.2) is 16.8 Å². The number of benzene rings is 3. The Morgan fingerprint density at radius 2 is 1.00 bits per heavy atom. The van der Waals surface area contributed by atoms with E-state index in [-0.39, 0.29) is 20.2 Å². The summed E-state index contributed by atoms with van der Waals surface area (Å²) in [4.78, 5) is -0.410. The summed E-state index contributed by atoms with van der Waals surface area (Å²) in [5, 5.41) is 10.4. The highest BCUT2D eigenvalue weighted by molar-refractivity contribution is 7.92. The Bertz CT molecular complexity index is 1270. The van der Waals surface area contributed by atoms with Crippen molar-refractivity contribution in [3.05, 3.63) is 76.3 Å². The Hall–Kier alpha value is -2.64. The smallest absolute Gasteiger partial charge is 0.210 e. The van der Waals surface area contributed by atoms with Crippen molar-refractivity contribution in [3.63, 3.8) is 0 Å². The molecule has 0 aliphatic carbocycles. The molecule has 0 saturated carbocycles. The zero-order valence-electron chi connectivity index (χ0n) is 17.5. The second-order valence-electron chi connectivity index (χ2n) is 7.49. The molecule has 0 fully saturated rings. The van der Waals surface area contributed by atoms with E-state index in [2.05, 4.69) is 0 Å². The minimum absolute atomic E-state index is 0.0386. The molecule has 0 aliphatic heterocycles. The summed E-state index contributed by atoms with van der Waals surface area (Å²) in [5.41, 5.74) is 3.02. The van der Waals surface area contributed by atoms with Crippen LogP contribution in [0.2, 0.25) is 0 Å². The molecular weight excluding hydrogens is 420 g/mol. The van der Waals surface area contributed by atoms with E-state index in [0.29, 0.717) is 11.1 Å². The summed E-state index contributed by atoms with van der Waals surface area (Å²) in [7, 11) is -8.14. The Morgan fingerprint density at radius 3 is 1.47 bits per heavy atom. The van der Waals surface area contributed by atoms with Crippen LogP contribution in [-0.4, -0.2) is 21.9 Å². The summed E-state index contributed by atoms with van der Waals surface area (Å²) in [6.07, 6.45) is 0. The van der Waals surface area contributed by atoms with Crippen LogP contribution in [0, 0.1) is 34.6 Å². The fraction of sp³-hybridized carbons (Fsp3) is 0.217. The molecule has 0 aromatic heterocycles. The highest BCUT2D eigenvalue weighted by atomic mass is 32.2. The molecule has 1 N–H and O–H groups in total. The van der Waals surface area contributed by atoms with Gasteiger partial charge in [0.15, 0.2) is 0 Å². The van der Waals surface area contributed by atoms with Gasteiger partial charge in [-0.1, -0.05) is 24.3 Å². The van der Waals surface area contributed by atoms with Gasteiger partial charge < -0.3 is 5.11 Å². The average molecular weight is 445 g/mol. The molecule has 0 radical (unpaired) electrons. The van der Waals surface area contributed by atoms with E-state index in [0.717, 1.165) is 17.2 Å². The lowest BCUT2D eigenvalue weighted by Crippen LogP contribution is -2.10. The Balaban J connectivity index is 2.30. The third-order valence-electron chi connectivity index (χ3n) is 5.52. The van der Waals surface area contributed by atoms with Gasteiger partial charge in [-0.05, 0) is 86.7 Å².